The van der Waals surface area contributed by atoms with Gasteiger partial charge in [-0.3, -0.25) is 0 Å². The Labute approximate surface area is 137 Å². The summed E-state index contributed by atoms with van der Waals surface area (Å²) in [6.45, 7) is 6.62. The summed E-state index contributed by atoms with van der Waals surface area (Å²) in [7, 11) is 0. The number of benzene rings is 3. The molecule has 0 nitrogen and oxygen atoms in total. The van der Waals surface area contributed by atoms with Crippen molar-refractivity contribution in [2.45, 2.75) is 32.6 Å². The summed E-state index contributed by atoms with van der Waals surface area (Å²) < 4.78 is 0. The van der Waals surface area contributed by atoms with Crippen LogP contribution in [0.4, 0.5) is 0 Å². The minimum absolute atomic E-state index is 0.402. The van der Waals surface area contributed by atoms with Crippen molar-refractivity contribution in [3.8, 4) is 0 Å². The van der Waals surface area contributed by atoms with Gasteiger partial charge in [0.1, 0.15) is 0 Å². The third-order valence-electron chi connectivity index (χ3n) is 5.59. The summed E-state index contributed by atoms with van der Waals surface area (Å²) in [4.78, 5) is 0. The van der Waals surface area contributed by atoms with Crippen LogP contribution in [0.5, 0.6) is 0 Å². The molecule has 0 saturated heterocycles. The second-order valence-corrected chi connectivity index (χ2v) is 7.26. The van der Waals surface area contributed by atoms with Crippen LogP contribution in [0, 0.1) is 20.8 Å². The second-order valence-electron chi connectivity index (χ2n) is 7.26. The van der Waals surface area contributed by atoms with E-state index in [-0.39, 0.29) is 0 Å². The fourth-order valence-electron chi connectivity index (χ4n) is 4.63. The van der Waals surface area contributed by atoms with Gasteiger partial charge in [0, 0.05) is 11.8 Å². The van der Waals surface area contributed by atoms with Gasteiger partial charge in [-0.2, -0.15) is 0 Å². The van der Waals surface area contributed by atoms with E-state index in [0.717, 1.165) is 0 Å². The van der Waals surface area contributed by atoms with Gasteiger partial charge in [0.15, 0.2) is 0 Å². The number of aryl methyl sites for hydroxylation is 3. The van der Waals surface area contributed by atoms with Gasteiger partial charge in [-0.15, -0.1) is 0 Å². The Morgan fingerprint density at radius 3 is 1.09 bits per heavy atom. The fourth-order valence-corrected chi connectivity index (χ4v) is 4.63. The van der Waals surface area contributed by atoms with Crippen molar-refractivity contribution in [3.05, 3.63) is 105 Å². The Kier molecular flexibility index (Phi) is 2.48. The van der Waals surface area contributed by atoms with Crippen LogP contribution in [0.25, 0.3) is 0 Å². The van der Waals surface area contributed by atoms with Crippen LogP contribution in [0.2, 0.25) is 0 Å². The van der Waals surface area contributed by atoms with Gasteiger partial charge < -0.3 is 0 Å². The molecule has 0 fully saturated rings. The number of hydrogen-bond donors (Lipinski definition) is 0. The van der Waals surface area contributed by atoms with Gasteiger partial charge in [-0.1, -0.05) is 71.3 Å². The summed E-state index contributed by atoms with van der Waals surface area (Å²) in [5.41, 5.74) is 13.2. The smallest absolute Gasteiger partial charge is 0.0349 e. The predicted molar refractivity (Wildman–Crippen MR) is 95.4 cm³/mol. The Balaban J connectivity index is 1.90. The lowest BCUT2D eigenvalue weighted by Gasteiger charge is -2.42. The van der Waals surface area contributed by atoms with E-state index in [9.17, 15) is 0 Å². The maximum Gasteiger partial charge on any atom is 0.0349 e. The SMILES string of the molecule is Cc1ccc2c(c1)C1c3cc(C)ccc3C2c2ccc(C)cc21. The fraction of sp³-hybridized carbons (Fsp3) is 0.217. The summed E-state index contributed by atoms with van der Waals surface area (Å²) in [5.74, 6) is 0.807. The first-order valence-corrected chi connectivity index (χ1v) is 8.45. The standard InChI is InChI=1S/C23H20/c1-13-4-7-16-19(10-13)23-20-11-14(2)5-8-17(20)22(16)18-9-6-15(3)12-21(18)23/h4-12,22-23H,1-3H3. The van der Waals surface area contributed by atoms with E-state index in [1.807, 2.05) is 0 Å². The van der Waals surface area contributed by atoms with Crippen molar-refractivity contribution in [1.82, 2.24) is 0 Å². The normalized spacial score (nSPS) is 20.0. The summed E-state index contributed by atoms with van der Waals surface area (Å²) in [5, 5.41) is 0. The molecular weight excluding hydrogens is 276 g/mol. The van der Waals surface area contributed by atoms with E-state index >= 15 is 0 Å². The summed E-state index contributed by atoms with van der Waals surface area (Å²) >= 11 is 0. The second kappa shape index (κ2) is 4.35. The number of hydrogen-bond acceptors (Lipinski definition) is 0. The van der Waals surface area contributed by atoms with Gasteiger partial charge in [-0.05, 0) is 54.2 Å². The first kappa shape index (κ1) is 13.1. The molecule has 0 spiro atoms. The van der Waals surface area contributed by atoms with Crippen LogP contribution >= 0.6 is 0 Å². The van der Waals surface area contributed by atoms with Gasteiger partial charge in [0.05, 0.1) is 0 Å². The van der Waals surface area contributed by atoms with Crippen LogP contribution in [-0.4, -0.2) is 0 Å². The third kappa shape index (κ3) is 1.67. The molecule has 2 bridgehead atoms. The van der Waals surface area contributed by atoms with Crippen LogP contribution in [0.15, 0.2) is 54.6 Å². The molecule has 0 heterocycles. The van der Waals surface area contributed by atoms with Crippen molar-refractivity contribution in [1.29, 1.82) is 0 Å². The maximum atomic E-state index is 2.41. The molecule has 0 heteroatoms. The molecule has 0 atom stereocenters. The van der Waals surface area contributed by atoms with E-state index < -0.39 is 0 Å². The molecule has 0 N–H and O–H groups in total. The average Bonchev–Trinajstić information content (AvgIpc) is 2.53. The zero-order valence-electron chi connectivity index (χ0n) is 13.9. The molecule has 3 aliphatic carbocycles. The van der Waals surface area contributed by atoms with Gasteiger partial charge in [0.25, 0.3) is 0 Å². The zero-order chi connectivity index (χ0) is 15.7. The Bertz CT molecular complexity index is 835. The van der Waals surface area contributed by atoms with Crippen molar-refractivity contribution < 1.29 is 0 Å². The van der Waals surface area contributed by atoms with E-state index in [4.69, 9.17) is 0 Å². The lowest BCUT2D eigenvalue weighted by atomic mass is 9.60. The largest absolute Gasteiger partial charge is 0.0590 e. The minimum Gasteiger partial charge on any atom is -0.0590 e. The molecule has 0 radical (unpaired) electrons. The van der Waals surface area contributed by atoms with Crippen molar-refractivity contribution in [2.75, 3.05) is 0 Å². The molecule has 6 rings (SSSR count). The van der Waals surface area contributed by atoms with Crippen LogP contribution in [-0.2, 0) is 0 Å². The van der Waals surface area contributed by atoms with Gasteiger partial charge in [-0.25, -0.2) is 0 Å². The molecule has 3 aromatic carbocycles. The lowest BCUT2D eigenvalue weighted by Crippen LogP contribution is -2.27. The highest BCUT2D eigenvalue weighted by Gasteiger charge is 2.41. The molecule has 0 unspecified atom stereocenters. The lowest BCUT2D eigenvalue weighted by molar-refractivity contribution is 0.751. The number of rotatable bonds is 0. The predicted octanol–water partition coefficient (Wildman–Crippen LogP) is 5.60. The highest BCUT2D eigenvalue weighted by molar-refractivity contribution is 5.68. The van der Waals surface area contributed by atoms with Crippen molar-refractivity contribution >= 4 is 0 Å². The molecular formula is C23H20. The Hall–Kier alpha value is -2.34. The maximum absolute atomic E-state index is 2.41. The minimum atomic E-state index is 0.402. The van der Waals surface area contributed by atoms with E-state index in [0.29, 0.717) is 11.8 Å². The topological polar surface area (TPSA) is 0 Å². The summed E-state index contributed by atoms with van der Waals surface area (Å²) in [6.07, 6.45) is 0. The monoisotopic (exact) mass is 296 g/mol. The van der Waals surface area contributed by atoms with Gasteiger partial charge in [0.2, 0.25) is 0 Å². The summed E-state index contributed by atoms with van der Waals surface area (Å²) in [6, 6.07) is 21.1. The average molecular weight is 296 g/mol. The third-order valence-corrected chi connectivity index (χ3v) is 5.59. The quantitative estimate of drug-likeness (QED) is 0.349. The highest BCUT2D eigenvalue weighted by Crippen LogP contribution is 2.55. The van der Waals surface area contributed by atoms with E-state index in [2.05, 4.69) is 75.4 Å². The van der Waals surface area contributed by atoms with Crippen LogP contribution in [0.3, 0.4) is 0 Å². The molecule has 3 aliphatic rings. The molecule has 0 amide bonds. The van der Waals surface area contributed by atoms with E-state index in [1.165, 1.54) is 50.1 Å². The first-order chi connectivity index (χ1) is 11.1. The zero-order valence-corrected chi connectivity index (χ0v) is 13.9. The Morgan fingerprint density at radius 1 is 0.435 bits per heavy atom. The molecule has 3 aromatic rings. The van der Waals surface area contributed by atoms with E-state index in [1.54, 1.807) is 0 Å². The van der Waals surface area contributed by atoms with Crippen LogP contribution in [0.1, 0.15) is 61.9 Å². The molecule has 0 aliphatic heterocycles. The Morgan fingerprint density at radius 2 is 0.739 bits per heavy atom. The van der Waals surface area contributed by atoms with Crippen LogP contribution < -0.4 is 0 Å². The molecule has 0 saturated carbocycles. The molecule has 0 aromatic heterocycles. The molecule has 112 valence electrons. The highest BCUT2D eigenvalue weighted by atomic mass is 14.4. The first-order valence-electron chi connectivity index (χ1n) is 8.45. The molecule has 23 heavy (non-hydrogen) atoms. The van der Waals surface area contributed by atoms with Gasteiger partial charge >= 0.3 is 0 Å². The van der Waals surface area contributed by atoms with Crippen molar-refractivity contribution in [2.24, 2.45) is 0 Å². The van der Waals surface area contributed by atoms with Crippen molar-refractivity contribution in [3.63, 3.8) is 0 Å².